The molecule has 22 heavy (non-hydrogen) atoms. The summed E-state index contributed by atoms with van der Waals surface area (Å²) in [5.74, 6) is -3.43. The Kier molecular flexibility index (Phi) is 4.76. The minimum Gasteiger partial charge on any atom is -0.434 e. The average molecular weight is 311 g/mol. The molecule has 2 heterocycles. The third-order valence-electron chi connectivity index (χ3n) is 3.48. The number of ether oxygens (including phenoxy) is 1. The maximum Gasteiger partial charge on any atom is 0.310 e. The van der Waals surface area contributed by atoms with Crippen molar-refractivity contribution in [1.82, 2.24) is 10.2 Å². The fourth-order valence-corrected chi connectivity index (χ4v) is 2.32. The monoisotopic (exact) mass is 311 g/mol. The molecule has 0 aromatic rings. The zero-order valence-electron chi connectivity index (χ0n) is 11.7. The highest BCUT2D eigenvalue weighted by Gasteiger charge is 2.35. The second-order valence-electron chi connectivity index (χ2n) is 5.14. The molecule has 0 spiro atoms. The molecule has 3 amide bonds. The third-order valence-corrected chi connectivity index (χ3v) is 3.48. The van der Waals surface area contributed by atoms with Crippen molar-refractivity contribution in [3.05, 3.63) is 12.2 Å². The Labute approximate surface area is 126 Å². The number of nitrogens with two attached hydrogens (primary N) is 1. The lowest BCUT2D eigenvalue weighted by Gasteiger charge is -2.23. The number of carbonyl (C=O) groups is 4. The number of hydrogen-bond donors (Lipinski definition) is 3. The van der Waals surface area contributed by atoms with Crippen LogP contribution in [0.3, 0.4) is 0 Å². The molecule has 0 aromatic heterocycles. The van der Waals surface area contributed by atoms with E-state index in [0.29, 0.717) is 0 Å². The Morgan fingerprint density at radius 1 is 1.41 bits per heavy atom. The first-order chi connectivity index (χ1) is 10.4. The first kappa shape index (κ1) is 16.0. The molecule has 0 aromatic carbocycles. The van der Waals surface area contributed by atoms with E-state index in [1.165, 1.54) is 4.90 Å². The number of carbonyl (C=O) groups excluding carboxylic acids is 4. The molecule has 0 radical (unpaired) electrons. The summed E-state index contributed by atoms with van der Waals surface area (Å²) in [6.45, 7) is -0.122. The van der Waals surface area contributed by atoms with Gasteiger partial charge in [-0.15, -0.1) is 0 Å². The van der Waals surface area contributed by atoms with Gasteiger partial charge in [-0.25, -0.2) is 0 Å². The summed E-state index contributed by atoms with van der Waals surface area (Å²) in [6.07, 6.45) is 2.01. The van der Waals surface area contributed by atoms with Gasteiger partial charge in [0.25, 0.3) is 0 Å². The van der Waals surface area contributed by atoms with Crippen LogP contribution in [0, 0.1) is 5.92 Å². The molecule has 1 fully saturated rings. The molecule has 4 N–H and O–H groups in total. The van der Waals surface area contributed by atoms with Crippen molar-refractivity contribution >= 4 is 23.7 Å². The van der Waals surface area contributed by atoms with Gasteiger partial charge in [0.15, 0.2) is 0 Å². The molecule has 9 heteroatoms. The third kappa shape index (κ3) is 3.61. The number of aliphatic hydroxyl groups is 1. The lowest BCUT2D eigenvalue weighted by Crippen LogP contribution is -2.48. The highest BCUT2D eigenvalue weighted by molar-refractivity contribution is 6.01. The second kappa shape index (κ2) is 6.56. The van der Waals surface area contributed by atoms with E-state index < -0.39 is 41.9 Å². The number of allylic oxidation sites excluding steroid dienone is 1. The largest absolute Gasteiger partial charge is 0.434 e. The topological polar surface area (TPSA) is 139 Å². The highest BCUT2D eigenvalue weighted by atomic mass is 16.6. The van der Waals surface area contributed by atoms with Gasteiger partial charge in [-0.2, -0.15) is 0 Å². The zero-order chi connectivity index (χ0) is 16.3. The summed E-state index contributed by atoms with van der Waals surface area (Å²) in [5, 5.41) is 11.8. The molecule has 0 saturated carbocycles. The summed E-state index contributed by atoms with van der Waals surface area (Å²) in [4.78, 5) is 47.5. The minimum atomic E-state index is -1.39. The zero-order valence-corrected chi connectivity index (χ0v) is 11.7. The molecular formula is C13H17N3O6. The van der Waals surface area contributed by atoms with Crippen LogP contribution in [0.25, 0.3) is 0 Å². The van der Waals surface area contributed by atoms with Crippen molar-refractivity contribution < 1.29 is 29.0 Å². The molecule has 9 nitrogen and oxygen atoms in total. The van der Waals surface area contributed by atoms with Crippen LogP contribution in [0.1, 0.15) is 12.8 Å². The van der Waals surface area contributed by atoms with Crippen molar-refractivity contribution in [2.24, 2.45) is 11.7 Å². The van der Waals surface area contributed by atoms with Gasteiger partial charge in [-0.1, -0.05) is 12.2 Å². The van der Waals surface area contributed by atoms with Gasteiger partial charge < -0.3 is 25.8 Å². The second-order valence-corrected chi connectivity index (χ2v) is 5.14. The van der Waals surface area contributed by atoms with E-state index >= 15 is 0 Å². The lowest BCUT2D eigenvalue weighted by molar-refractivity contribution is -0.155. The predicted molar refractivity (Wildman–Crippen MR) is 71.7 cm³/mol. The van der Waals surface area contributed by atoms with Crippen LogP contribution in [-0.2, 0) is 23.9 Å². The van der Waals surface area contributed by atoms with E-state index in [4.69, 9.17) is 5.73 Å². The maximum atomic E-state index is 12.2. The number of esters is 1. The van der Waals surface area contributed by atoms with E-state index in [1.54, 1.807) is 12.2 Å². The summed E-state index contributed by atoms with van der Waals surface area (Å²) in [6, 6.07) is -0.843. The van der Waals surface area contributed by atoms with E-state index in [0.717, 1.165) is 0 Å². The van der Waals surface area contributed by atoms with Crippen LogP contribution in [0.4, 0.5) is 0 Å². The van der Waals surface area contributed by atoms with Crippen LogP contribution in [0.15, 0.2) is 12.2 Å². The Bertz CT molecular complexity index is 532. The van der Waals surface area contributed by atoms with Crippen molar-refractivity contribution in [2.75, 3.05) is 13.1 Å². The van der Waals surface area contributed by atoms with Gasteiger partial charge in [0.1, 0.15) is 12.0 Å². The fourth-order valence-electron chi connectivity index (χ4n) is 2.32. The van der Waals surface area contributed by atoms with Crippen LogP contribution in [0.5, 0.6) is 0 Å². The van der Waals surface area contributed by atoms with Gasteiger partial charge in [-0.3, -0.25) is 19.2 Å². The molecule has 3 atom stereocenters. The first-order valence-electron chi connectivity index (χ1n) is 6.78. The minimum absolute atomic E-state index is 0.134. The first-order valence-corrected chi connectivity index (χ1v) is 6.78. The average Bonchev–Trinajstić information content (AvgIpc) is 2.63. The SMILES string of the molecule is NC(=O)C1CC=CCN(CC(=O)NC2CC(=O)OC2O)C1=O. The summed E-state index contributed by atoms with van der Waals surface area (Å²) >= 11 is 0. The number of primary amides is 1. The van der Waals surface area contributed by atoms with E-state index in [1.807, 2.05) is 0 Å². The van der Waals surface area contributed by atoms with Gasteiger partial charge >= 0.3 is 5.97 Å². The molecule has 2 aliphatic heterocycles. The van der Waals surface area contributed by atoms with Crippen LogP contribution < -0.4 is 11.1 Å². The van der Waals surface area contributed by atoms with E-state index in [2.05, 4.69) is 10.1 Å². The van der Waals surface area contributed by atoms with Gasteiger partial charge in [0.2, 0.25) is 24.0 Å². The smallest absolute Gasteiger partial charge is 0.310 e. The van der Waals surface area contributed by atoms with Gasteiger partial charge in [0.05, 0.1) is 13.0 Å². The van der Waals surface area contributed by atoms with E-state index in [-0.39, 0.29) is 25.9 Å². The van der Waals surface area contributed by atoms with Crippen LogP contribution in [-0.4, -0.2) is 59.1 Å². The number of amides is 3. The molecule has 2 aliphatic rings. The van der Waals surface area contributed by atoms with Gasteiger partial charge in [0, 0.05) is 6.54 Å². The molecule has 3 unspecified atom stereocenters. The van der Waals surface area contributed by atoms with E-state index in [9.17, 15) is 24.3 Å². The predicted octanol–water partition coefficient (Wildman–Crippen LogP) is -2.37. The summed E-state index contributed by atoms with van der Waals surface area (Å²) in [5.41, 5.74) is 5.18. The molecular weight excluding hydrogens is 294 g/mol. The van der Waals surface area contributed by atoms with Crippen molar-refractivity contribution in [2.45, 2.75) is 25.2 Å². The molecule has 0 aliphatic carbocycles. The standard InChI is InChI=1S/C13H17N3O6/c14-11(19)7-3-1-2-4-16(12(7)20)6-9(17)15-8-5-10(18)22-13(8)21/h1-2,7-8,13,21H,3-6H2,(H2,14,19)(H,15,17). The Morgan fingerprint density at radius 2 is 2.14 bits per heavy atom. The Balaban J connectivity index is 1.95. The Morgan fingerprint density at radius 3 is 2.73 bits per heavy atom. The van der Waals surface area contributed by atoms with Crippen molar-refractivity contribution in [3.63, 3.8) is 0 Å². The number of hydrogen-bond acceptors (Lipinski definition) is 6. The molecule has 1 saturated heterocycles. The summed E-state index contributed by atoms with van der Waals surface area (Å²) in [7, 11) is 0. The quantitative estimate of drug-likeness (QED) is 0.301. The lowest BCUT2D eigenvalue weighted by atomic mass is 10.0. The van der Waals surface area contributed by atoms with Crippen molar-refractivity contribution in [3.8, 4) is 0 Å². The van der Waals surface area contributed by atoms with Crippen molar-refractivity contribution in [1.29, 1.82) is 0 Å². The number of nitrogens with one attached hydrogen (secondary N) is 1. The number of cyclic esters (lactones) is 1. The fraction of sp³-hybridized carbons (Fsp3) is 0.538. The maximum absolute atomic E-state index is 12.2. The molecule has 120 valence electrons. The van der Waals surface area contributed by atoms with Gasteiger partial charge in [-0.05, 0) is 6.42 Å². The van der Waals surface area contributed by atoms with Crippen LogP contribution >= 0.6 is 0 Å². The highest BCUT2D eigenvalue weighted by Crippen LogP contribution is 2.14. The number of aliphatic hydroxyl groups excluding tert-OH is 1. The number of nitrogens with zero attached hydrogens (tertiary/aromatic N) is 1. The van der Waals surface area contributed by atoms with Crippen LogP contribution in [0.2, 0.25) is 0 Å². The summed E-state index contributed by atoms with van der Waals surface area (Å²) < 4.78 is 4.50. The normalized spacial score (nSPS) is 28.2. The number of rotatable bonds is 4. The Hall–Kier alpha value is -2.42. The molecule has 2 rings (SSSR count). The molecule has 0 bridgehead atoms.